The van der Waals surface area contributed by atoms with Gasteiger partial charge in [-0.25, -0.2) is 0 Å². The minimum atomic E-state index is -0.326. The Hall–Kier alpha value is -2.41. The van der Waals surface area contributed by atoms with Gasteiger partial charge in [-0.05, 0) is 41.0 Å². The van der Waals surface area contributed by atoms with E-state index >= 15 is 0 Å². The monoisotopic (exact) mass is 490 g/mol. The van der Waals surface area contributed by atoms with Crippen LogP contribution in [0, 0.1) is 0 Å². The summed E-state index contributed by atoms with van der Waals surface area (Å²) in [6.07, 6.45) is 1.38. The molecule has 35 heavy (non-hydrogen) atoms. The maximum absolute atomic E-state index is 6.48. The molecule has 5 heteroatoms. The summed E-state index contributed by atoms with van der Waals surface area (Å²) in [5, 5.41) is 0. The molecule has 4 nitrogen and oxygen atoms in total. The molecule has 1 aliphatic heterocycles. The fraction of sp³-hybridized carbons (Fsp3) is 0.333. The van der Waals surface area contributed by atoms with Crippen LogP contribution < -0.4 is 0 Å². The highest BCUT2D eigenvalue weighted by atomic mass is 32.2. The molecule has 0 aliphatic carbocycles. The molecule has 0 amide bonds. The Morgan fingerprint density at radius 1 is 0.857 bits per heavy atom. The minimum absolute atomic E-state index is 0.141. The number of benzene rings is 3. The van der Waals surface area contributed by atoms with Crippen molar-refractivity contribution < 1.29 is 18.9 Å². The first kappa shape index (κ1) is 25.7. The summed E-state index contributed by atoms with van der Waals surface area (Å²) in [5.41, 5.74) is 2.27. The van der Waals surface area contributed by atoms with Gasteiger partial charge in [0.1, 0.15) is 6.10 Å². The third-order valence-electron chi connectivity index (χ3n) is 6.05. The fourth-order valence-electron chi connectivity index (χ4n) is 4.21. The molecule has 1 aliphatic rings. The molecule has 1 heterocycles. The molecule has 184 valence electrons. The first-order valence-corrected chi connectivity index (χ1v) is 12.9. The van der Waals surface area contributed by atoms with Crippen molar-refractivity contribution in [3.05, 3.63) is 114 Å². The third-order valence-corrected chi connectivity index (χ3v) is 7.05. The van der Waals surface area contributed by atoms with Crippen LogP contribution in [0.3, 0.4) is 0 Å². The Kier molecular flexibility index (Phi) is 9.99. The van der Waals surface area contributed by atoms with Crippen LogP contribution in [0.5, 0.6) is 0 Å². The van der Waals surface area contributed by atoms with E-state index in [2.05, 4.69) is 43.0 Å². The average Bonchev–Trinajstić information content (AvgIpc) is 2.91. The Morgan fingerprint density at radius 3 is 2.03 bits per heavy atom. The van der Waals surface area contributed by atoms with Crippen molar-refractivity contribution in [3.63, 3.8) is 0 Å². The average molecular weight is 491 g/mol. The maximum Gasteiger partial charge on any atom is 0.160 e. The van der Waals surface area contributed by atoms with Crippen molar-refractivity contribution in [1.82, 2.24) is 0 Å². The molecule has 0 aromatic heterocycles. The van der Waals surface area contributed by atoms with Crippen LogP contribution in [0.1, 0.15) is 30.4 Å². The summed E-state index contributed by atoms with van der Waals surface area (Å²) < 4.78 is 24.9. The second kappa shape index (κ2) is 13.6. The molecule has 4 rings (SSSR count). The SMILES string of the molecule is C=C(CC[C@H]1O[C@H](OC)C[C@@H](OCc2ccccc2)[C@H]1OCc1ccccc1)Sc1ccccc1. The smallest absolute Gasteiger partial charge is 0.160 e. The van der Waals surface area contributed by atoms with Crippen LogP contribution in [0.25, 0.3) is 0 Å². The van der Waals surface area contributed by atoms with Gasteiger partial charge >= 0.3 is 0 Å². The summed E-state index contributed by atoms with van der Waals surface area (Å²) >= 11 is 1.71. The van der Waals surface area contributed by atoms with Gasteiger partial charge in [-0.15, -0.1) is 0 Å². The molecule has 1 fully saturated rings. The van der Waals surface area contributed by atoms with Crippen LogP contribution in [-0.2, 0) is 32.2 Å². The molecule has 0 N–H and O–H groups in total. The molecular formula is C30H34O4S. The zero-order valence-electron chi connectivity index (χ0n) is 20.3. The first-order valence-electron chi connectivity index (χ1n) is 12.1. The maximum atomic E-state index is 6.48. The largest absolute Gasteiger partial charge is 0.371 e. The molecule has 0 unspecified atom stereocenters. The zero-order valence-corrected chi connectivity index (χ0v) is 21.1. The summed E-state index contributed by atoms with van der Waals surface area (Å²) in [5.74, 6) is 0. The predicted octanol–water partition coefficient (Wildman–Crippen LogP) is 7.00. The zero-order chi connectivity index (χ0) is 24.3. The lowest BCUT2D eigenvalue weighted by molar-refractivity contribution is -0.264. The first-order chi connectivity index (χ1) is 17.2. The van der Waals surface area contributed by atoms with E-state index in [1.54, 1.807) is 18.9 Å². The summed E-state index contributed by atoms with van der Waals surface area (Å²) in [6, 6.07) is 30.8. The molecule has 0 radical (unpaired) electrons. The summed E-state index contributed by atoms with van der Waals surface area (Å²) in [7, 11) is 1.69. The van der Waals surface area contributed by atoms with Gasteiger partial charge in [0.2, 0.25) is 0 Å². The number of ether oxygens (including phenoxy) is 4. The van der Waals surface area contributed by atoms with Crippen LogP contribution in [0.4, 0.5) is 0 Å². The lowest BCUT2D eigenvalue weighted by atomic mass is 9.97. The highest BCUT2D eigenvalue weighted by Crippen LogP contribution is 2.33. The van der Waals surface area contributed by atoms with E-state index in [0.29, 0.717) is 19.6 Å². The summed E-state index contributed by atoms with van der Waals surface area (Å²) in [4.78, 5) is 2.29. The van der Waals surface area contributed by atoms with Crippen LogP contribution >= 0.6 is 11.8 Å². The lowest BCUT2D eigenvalue weighted by Gasteiger charge is -2.41. The van der Waals surface area contributed by atoms with Gasteiger partial charge in [0.15, 0.2) is 6.29 Å². The number of hydrogen-bond donors (Lipinski definition) is 0. The van der Waals surface area contributed by atoms with Crippen molar-refractivity contribution in [3.8, 4) is 0 Å². The van der Waals surface area contributed by atoms with E-state index in [1.165, 1.54) is 4.90 Å². The van der Waals surface area contributed by atoms with Gasteiger partial charge < -0.3 is 18.9 Å². The number of allylic oxidation sites excluding steroid dienone is 1. The molecule has 0 spiro atoms. The summed E-state index contributed by atoms with van der Waals surface area (Å²) in [6.45, 7) is 5.32. The molecular weight excluding hydrogens is 456 g/mol. The van der Waals surface area contributed by atoms with Gasteiger partial charge in [-0.3, -0.25) is 0 Å². The van der Waals surface area contributed by atoms with Gasteiger partial charge in [0, 0.05) is 18.4 Å². The van der Waals surface area contributed by atoms with Crippen molar-refractivity contribution in [1.29, 1.82) is 0 Å². The van der Waals surface area contributed by atoms with E-state index in [1.807, 2.05) is 54.6 Å². The van der Waals surface area contributed by atoms with E-state index in [0.717, 1.165) is 28.9 Å². The normalized spacial score (nSPS) is 22.1. The second-order valence-electron chi connectivity index (χ2n) is 8.66. The van der Waals surface area contributed by atoms with Crippen molar-refractivity contribution >= 4 is 11.8 Å². The lowest BCUT2D eigenvalue weighted by Crippen LogP contribution is -2.51. The number of rotatable bonds is 12. The number of thioether (sulfide) groups is 1. The Labute approximate surface area is 213 Å². The van der Waals surface area contributed by atoms with Crippen LogP contribution in [0.2, 0.25) is 0 Å². The molecule has 0 bridgehead atoms. The van der Waals surface area contributed by atoms with E-state index in [9.17, 15) is 0 Å². The van der Waals surface area contributed by atoms with Crippen LogP contribution in [0.15, 0.2) is 107 Å². The molecule has 0 saturated carbocycles. The Morgan fingerprint density at radius 2 is 1.43 bits per heavy atom. The predicted molar refractivity (Wildman–Crippen MR) is 141 cm³/mol. The molecule has 3 aromatic rings. The van der Waals surface area contributed by atoms with Crippen molar-refractivity contribution in [2.24, 2.45) is 0 Å². The standard InChI is InChI=1S/C30H34O4S/c1-23(35-26-16-10-5-11-17-26)18-19-27-30(33-22-25-14-8-4-9-15-25)28(20-29(31-2)34-27)32-21-24-12-6-3-7-13-24/h3-17,27-30H,1,18-22H2,2H3/t27-,28-,29+,30+/m1/s1. The topological polar surface area (TPSA) is 36.9 Å². The van der Waals surface area contributed by atoms with E-state index < -0.39 is 0 Å². The van der Waals surface area contributed by atoms with E-state index in [-0.39, 0.29) is 24.6 Å². The van der Waals surface area contributed by atoms with E-state index in [4.69, 9.17) is 18.9 Å². The number of methoxy groups -OCH3 is 1. The highest BCUT2D eigenvalue weighted by molar-refractivity contribution is 8.03. The third kappa shape index (κ3) is 8.06. The molecule has 3 aromatic carbocycles. The van der Waals surface area contributed by atoms with Crippen molar-refractivity contribution in [2.75, 3.05) is 7.11 Å². The molecule has 1 saturated heterocycles. The fourth-order valence-corrected chi connectivity index (χ4v) is 5.05. The minimum Gasteiger partial charge on any atom is -0.371 e. The van der Waals surface area contributed by atoms with Gasteiger partial charge in [0.05, 0.1) is 25.4 Å². The quantitative estimate of drug-likeness (QED) is 0.255. The Balaban J connectivity index is 1.44. The Bertz CT molecular complexity index is 1010. The second-order valence-corrected chi connectivity index (χ2v) is 9.92. The van der Waals surface area contributed by atoms with Gasteiger partial charge in [-0.1, -0.05) is 97.2 Å². The van der Waals surface area contributed by atoms with Crippen molar-refractivity contribution in [2.45, 2.75) is 62.0 Å². The number of hydrogen-bond acceptors (Lipinski definition) is 5. The van der Waals surface area contributed by atoms with Crippen LogP contribution in [-0.4, -0.2) is 31.7 Å². The van der Waals surface area contributed by atoms with Gasteiger partial charge in [-0.2, -0.15) is 0 Å². The molecule has 4 atom stereocenters. The van der Waals surface area contributed by atoms with Gasteiger partial charge in [0.25, 0.3) is 0 Å². The highest BCUT2D eigenvalue weighted by Gasteiger charge is 2.40.